The Kier molecular flexibility index (Phi) is 5.91. The number of hydrogen-bond acceptors (Lipinski definition) is 4. The number of rotatable bonds is 5. The van der Waals surface area contributed by atoms with E-state index in [2.05, 4.69) is 33.7 Å². The highest BCUT2D eigenvalue weighted by atomic mass is 33.1. The van der Waals surface area contributed by atoms with Crippen molar-refractivity contribution < 1.29 is 4.39 Å². The molecule has 0 aromatic heterocycles. The predicted octanol–water partition coefficient (Wildman–Crippen LogP) is 3.66. The molecule has 0 amide bonds. The average Bonchev–Trinajstić information content (AvgIpc) is 2.93. The van der Waals surface area contributed by atoms with Crippen molar-refractivity contribution in [2.24, 2.45) is 4.36 Å². The third-order valence-corrected chi connectivity index (χ3v) is 7.17. The van der Waals surface area contributed by atoms with Crippen molar-refractivity contribution >= 4 is 20.5 Å². The molecular weight excluding hydrogens is 329 g/mol. The molecule has 0 radical (unpaired) electrons. The molecule has 2 aliphatic heterocycles. The largest absolute Gasteiger partial charge is 0.299 e. The van der Waals surface area contributed by atoms with Gasteiger partial charge in [0.15, 0.2) is 0 Å². The molecule has 2 aliphatic rings. The van der Waals surface area contributed by atoms with E-state index in [4.69, 9.17) is 0 Å². The standard InChI is InChI=1S/C17H24FN3S2/c1-20(12-14-4-3-5-15(18)10-14)16-6-8-21(9-7-16)13-17-11-19-23(2)22-17/h3-5,10-11,16H,6-9,12-13H2,1-2H3. The van der Waals surface area contributed by atoms with Crippen molar-refractivity contribution in [3.05, 3.63) is 46.8 Å². The molecule has 0 N–H and O–H groups in total. The van der Waals surface area contributed by atoms with E-state index in [0.717, 1.165) is 31.7 Å². The number of likely N-dealkylation sites (tertiary alicyclic amines) is 1. The van der Waals surface area contributed by atoms with Crippen LogP contribution < -0.4 is 0 Å². The average molecular weight is 354 g/mol. The minimum Gasteiger partial charge on any atom is -0.299 e. The molecule has 0 saturated carbocycles. The van der Waals surface area contributed by atoms with Crippen molar-refractivity contribution in [1.82, 2.24) is 9.80 Å². The van der Waals surface area contributed by atoms with Crippen molar-refractivity contribution in [2.75, 3.05) is 32.9 Å². The van der Waals surface area contributed by atoms with Crippen LogP contribution >= 0.6 is 10.8 Å². The van der Waals surface area contributed by atoms with Crippen molar-refractivity contribution in [1.29, 1.82) is 0 Å². The fourth-order valence-electron chi connectivity index (χ4n) is 3.19. The molecule has 1 aromatic carbocycles. The first-order valence-corrected chi connectivity index (χ1v) is 10.9. The first kappa shape index (κ1) is 17.1. The monoisotopic (exact) mass is 353 g/mol. The molecule has 1 saturated heterocycles. The smallest absolute Gasteiger partial charge is 0.123 e. The van der Waals surface area contributed by atoms with E-state index in [1.54, 1.807) is 12.1 Å². The Bertz CT molecular complexity index is 610. The van der Waals surface area contributed by atoms with Gasteiger partial charge in [-0.05, 0) is 71.2 Å². The van der Waals surface area contributed by atoms with Gasteiger partial charge in [-0.15, -0.1) is 0 Å². The van der Waals surface area contributed by atoms with Crippen LogP contribution in [0.15, 0.2) is 39.7 Å². The van der Waals surface area contributed by atoms with Gasteiger partial charge < -0.3 is 0 Å². The van der Waals surface area contributed by atoms with Gasteiger partial charge in [0.05, 0.1) is 0 Å². The van der Waals surface area contributed by atoms with Gasteiger partial charge in [0.2, 0.25) is 0 Å². The summed E-state index contributed by atoms with van der Waals surface area (Å²) < 4.78 is 17.7. The van der Waals surface area contributed by atoms with E-state index in [0.29, 0.717) is 6.04 Å². The molecule has 0 bridgehead atoms. The van der Waals surface area contributed by atoms with Gasteiger partial charge in [-0.25, -0.2) is 8.75 Å². The molecule has 1 unspecified atom stereocenters. The second-order valence-corrected chi connectivity index (χ2v) is 9.96. The highest BCUT2D eigenvalue weighted by Crippen LogP contribution is 2.28. The summed E-state index contributed by atoms with van der Waals surface area (Å²) in [4.78, 5) is 6.31. The Morgan fingerprint density at radius 3 is 2.83 bits per heavy atom. The Hall–Kier alpha value is -0.690. The topological polar surface area (TPSA) is 18.8 Å². The first-order chi connectivity index (χ1) is 11.1. The Morgan fingerprint density at radius 2 is 2.17 bits per heavy atom. The lowest BCUT2D eigenvalue weighted by atomic mass is 10.0. The van der Waals surface area contributed by atoms with Gasteiger partial charge in [-0.3, -0.25) is 9.80 Å². The molecule has 0 aliphatic carbocycles. The molecule has 1 aromatic rings. The van der Waals surface area contributed by atoms with Crippen LogP contribution in [-0.4, -0.2) is 48.8 Å². The summed E-state index contributed by atoms with van der Waals surface area (Å²) in [7, 11) is 4.20. The molecule has 0 spiro atoms. The van der Waals surface area contributed by atoms with Gasteiger partial charge in [0, 0.05) is 36.5 Å². The summed E-state index contributed by atoms with van der Waals surface area (Å²) in [5.41, 5.74) is 1.05. The lowest BCUT2D eigenvalue weighted by Gasteiger charge is -2.36. The van der Waals surface area contributed by atoms with E-state index in [1.165, 1.54) is 23.8 Å². The third kappa shape index (κ3) is 4.89. The van der Waals surface area contributed by atoms with E-state index >= 15 is 0 Å². The number of piperidine rings is 1. The summed E-state index contributed by atoms with van der Waals surface area (Å²) in [6.07, 6.45) is 6.58. The number of halogens is 1. The maximum atomic E-state index is 13.3. The lowest BCUT2D eigenvalue weighted by Crippen LogP contribution is -2.43. The summed E-state index contributed by atoms with van der Waals surface area (Å²) >= 11 is 0. The van der Waals surface area contributed by atoms with Crippen LogP contribution in [0, 0.1) is 5.82 Å². The minimum atomic E-state index is -0.145. The minimum absolute atomic E-state index is 0.137. The Morgan fingerprint density at radius 1 is 1.39 bits per heavy atom. The fourth-order valence-corrected chi connectivity index (χ4v) is 5.69. The summed E-state index contributed by atoms with van der Waals surface area (Å²) in [5.74, 6) is -0.145. The zero-order valence-electron chi connectivity index (χ0n) is 13.7. The van der Waals surface area contributed by atoms with E-state index in [9.17, 15) is 4.39 Å². The van der Waals surface area contributed by atoms with Crippen molar-refractivity contribution in [2.45, 2.75) is 25.4 Å². The van der Waals surface area contributed by atoms with Crippen LogP contribution in [0.2, 0.25) is 0 Å². The molecule has 6 heteroatoms. The Labute approximate surface area is 144 Å². The summed E-state index contributed by atoms with van der Waals surface area (Å²) in [6.45, 7) is 4.13. The van der Waals surface area contributed by atoms with E-state index < -0.39 is 0 Å². The van der Waals surface area contributed by atoms with E-state index in [1.807, 2.05) is 16.9 Å². The van der Waals surface area contributed by atoms with E-state index in [-0.39, 0.29) is 15.5 Å². The molecule has 2 heterocycles. The van der Waals surface area contributed by atoms with Crippen LogP contribution in [0.1, 0.15) is 18.4 Å². The van der Waals surface area contributed by atoms with Crippen molar-refractivity contribution in [3.63, 3.8) is 0 Å². The maximum Gasteiger partial charge on any atom is 0.123 e. The first-order valence-electron chi connectivity index (χ1n) is 8.01. The maximum absolute atomic E-state index is 13.3. The zero-order valence-corrected chi connectivity index (χ0v) is 15.4. The third-order valence-electron chi connectivity index (χ3n) is 4.45. The number of hydrogen-bond donors (Lipinski definition) is 0. The molecular formula is C17H24FN3S2. The molecule has 1 fully saturated rings. The molecule has 23 heavy (non-hydrogen) atoms. The molecule has 3 rings (SSSR count). The van der Waals surface area contributed by atoms with Crippen LogP contribution in [0.3, 0.4) is 0 Å². The second-order valence-electron chi connectivity index (χ2n) is 6.26. The van der Waals surface area contributed by atoms with Crippen LogP contribution in [-0.2, 0) is 16.3 Å². The molecule has 1 atom stereocenters. The van der Waals surface area contributed by atoms with Crippen LogP contribution in [0.5, 0.6) is 0 Å². The van der Waals surface area contributed by atoms with Gasteiger partial charge >= 0.3 is 0 Å². The van der Waals surface area contributed by atoms with Gasteiger partial charge in [-0.2, -0.15) is 0 Å². The summed E-state index contributed by atoms with van der Waals surface area (Å²) in [6, 6.07) is 7.53. The van der Waals surface area contributed by atoms with Crippen LogP contribution in [0.4, 0.5) is 4.39 Å². The molecule has 3 nitrogen and oxygen atoms in total. The quantitative estimate of drug-likeness (QED) is 0.753. The fraction of sp³-hybridized carbons (Fsp3) is 0.529. The van der Waals surface area contributed by atoms with Crippen molar-refractivity contribution in [3.8, 4) is 0 Å². The SMILES string of the molecule is CN(Cc1cccc(F)c1)C1CCN(CC2=CN=S(C)S2)CC1. The summed E-state index contributed by atoms with van der Waals surface area (Å²) in [5, 5.41) is 0. The zero-order chi connectivity index (χ0) is 16.2. The highest BCUT2D eigenvalue weighted by molar-refractivity contribution is 8.71. The van der Waals surface area contributed by atoms with Gasteiger partial charge in [-0.1, -0.05) is 12.1 Å². The molecule has 126 valence electrons. The number of nitrogens with zero attached hydrogens (tertiary/aromatic N) is 3. The second kappa shape index (κ2) is 7.92. The van der Waals surface area contributed by atoms with Gasteiger partial charge in [0.1, 0.15) is 5.82 Å². The normalized spacial score (nSPS) is 23.1. The van der Waals surface area contributed by atoms with Crippen LogP contribution in [0.25, 0.3) is 0 Å². The predicted molar refractivity (Wildman–Crippen MR) is 98.7 cm³/mol. The lowest BCUT2D eigenvalue weighted by molar-refractivity contribution is 0.130. The van der Waals surface area contributed by atoms with Gasteiger partial charge in [0.25, 0.3) is 0 Å². The Balaban J connectivity index is 1.45. The number of benzene rings is 1. The highest BCUT2D eigenvalue weighted by Gasteiger charge is 2.23.